The van der Waals surface area contributed by atoms with E-state index in [2.05, 4.69) is 52.2 Å². The van der Waals surface area contributed by atoms with Gasteiger partial charge in [0.15, 0.2) is 5.65 Å². The number of aromatic nitrogens is 3. The number of nitrogens with zero attached hydrogens (tertiary/aromatic N) is 3. The molecule has 4 aliphatic carbocycles. The smallest absolute Gasteiger partial charge is 0.204 e. The maximum absolute atomic E-state index is 6.39. The molecule has 0 spiro atoms. The van der Waals surface area contributed by atoms with Crippen molar-refractivity contribution in [3.05, 3.63) is 22.6 Å². The lowest BCUT2D eigenvalue weighted by Gasteiger charge is -2.60. The highest BCUT2D eigenvalue weighted by molar-refractivity contribution is 9.10. The van der Waals surface area contributed by atoms with Gasteiger partial charge in [0, 0.05) is 17.8 Å². The van der Waals surface area contributed by atoms with Crippen LogP contribution in [0, 0.1) is 23.2 Å². The monoisotopic (exact) mass is 389 g/mol. The Kier molecular flexibility index (Phi) is 3.29. The summed E-state index contributed by atoms with van der Waals surface area (Å²) >= 11 is 3.47. The van der Waals surface area contributed by atoms with Crippen molar-refractivity contribution in [2.45, 2.75) is 51.9 Å². The lowest BCUT2D eigenvalue weighted by atomic mass is 9.46. The molecule has 0 aromatic carbocycles. The quantitative estimate of drug-likeness (QED) is 0.752. The van der Waals surface area contributed by atoms with Crippen LogP contribution in [0.5, 0.6) is 5.75 Å². The zero-order valence-corrected chi connectivity index (χ0v) is 15.9. The van der Waals surface area contributed by atoms with Crippen LogP contribution in [0.2, 0.25) is 0 Å². The van der Waals surface area contributed by atoms with Crippen molar-refractivity contribution in [1.29, 1.82) is 0 Å². The fraction of sp³-hybridized carbons (Fsp3) is 0.684. The summed E-state index contributed by atoms with van der Waals surface area (Å²) in [5.41, 5.74) is 2.70. The van der Waals surface area contributed by atoms with E-state index in [-0.39, 0.29) is 0 Å². The first-order valence-electron chi connectivity index (χ1n) is 9.21. The van der Waals surface area contributed by atoms with Gasteiger partial charge in [-0.05, 0) is 77.1 Å². The Balaban J connectivity index is 1.39. The fourth-order valence-corrected chi connectivity index (χ4v) is 5.45. The summed E-state index contributed by atoms with van der Waals surface area (Å²) in [6.07, 6.45) is 8.81. The van der Waals surface area contributed by atoms with Crippen molar-refractivity contribution in [2.24, 2.45) is 23.2 Å². The Morgan fingerprint density at radius 1 is 1.25 bits per heavy atom. The van der Waals surface area contributed by atoms with E-state index in [9.17, 15) is 0 Å². The van der Waals surface area contributed by atoms with Crippen molar-refractivity contribution in [3.63, 3.8) is 0 Å². The maximum Gasteiger partial charge on any atom is 0.204 e. The molecule has 24 heavy (non-hydrogen) atoms. The van der Waals surface area contributed by atoms with Crippen LogP contribution in [0.3, 0.4) is 0 Å². The van der Waals surface area contributed by atoms with Crippen molar-refractivity contribution in [2.75, 3.05) is 6.61 Å². The Bertz CT molecular complexity index is 793. The lowest BCUT2D eigenvalue weighted by molar-refractivity contribution is -0.114. The van der Waals surface area contributed by atoms with Gasteiger partial charge in [-0.15, -0.1) is 10.2 Å². The summed E-state index contributed by atoms with van der Waals surface area (Å²) in [5.74, 6) is 4.17. The second-order valence-corrected chi connectivity index (χ2v) is 9.28. The number of halogens is 1. The molecule has 5 heteroatoms. The van der Waals surface area contributed by atoms with Crippen molar-refractivity contribution in [3.8, 4) is 5.75 Å². The minimum atomic E-state index is 0.521. The topological polar surface area (TPSA) is 39.4 Å². The van der Waals surface area contributed by atoms with Gasteiger partial charge >= 0.3 is 0 Å². The largest absolute Gasteiger partial charge is 0.493 e. The summed E-state index contributed by atoms with van der Waals surface area (Å²) in [7, 11) is 0. The lowest BCUT2D eigenvalue weighted by Crippen LogP contribution is -2.53. The van der Waals surface area contributed by atoms with Crippen LogP contribution >= 0.6 is 15.9 Å². The number of hydrogen-bond donors (Lipinski definition) is 0. The number of rotatable bonds is 4. The van der Waals surface area contributed by atoms with E-state index in [1.807, 2.05) is 4.40 Å². The Morgan fingerprint density at radius 3 is 2.79 bits per heavy atom. The second kappa shape index (κ2) is 5.20. The highest BCUT2D eigenvalue weighted by Crippen LogP contribution is 2.61. The first-order chi connectivity index (χ1) is 11.5. The minimum Gasteiger partial charge on any atom is -0.493 e. The van der Waals surface area contributed by atoms with Gasteiger partial charge in [-0.2, -0.15) is 0 Å². The molecule has 4 saturated carbocycles. The molecule has 2 bridgehead atoms. The molecule has 0 N–H and O–H groups in total. The van der Waals surface area contributed by atoms with Crippen LogP contribution in [-0.2, 0) is 0 Å². The molecule has 0 amide bonds. The van der Waals surface area contributed by atoms with Crippen LogP contribution in [0.25, 0.3) is 5.65 Å². The third-order valence-corrected chi connectivity index (χ3v) is 7.51. The molecule has 0 unspecified atom stereocenters. The van der Waals surface area contributed by atoms with E-state index in [0.717, 1.165) is 34.6 Å². The number of ether oxygens (including phenoxy) is 1. The zero-order chi connectivity index (χ0) is 16.5. The molecule has 4 nitrogen and oxygen atoms in total. The number of fused-ring (bicyclic) bond motifs is 3. The Hall–Kier alpha value is -1.10. The molecular formula is C19H24BrN3O. The molecular weight excluding hydrogens is 366 g/mol. The van der Waals surface area contributed by atoms with E-state index in [1.54, 1.807) is 0 Å². The standard InChI is InChI=1S/C19H24BrN3O/c1-19(2)13-6-5-12(15(19)7-13)10-24-16-8-17-21-22-18(20)23(17)9-14(16)11-3-4-11/h8-9,11-13,15H,3-7,10H2,1-2H3/t12-,13+,15+/m1/s1. The molecule has 4 aliphatic rings. The van der Waals surface area contributed by atoms with Crippen molar-refractivity contribution < 1.29 is 4.74 Å². The average Bonchev–Trinajstić information content (AvgIpc) is 3.37. The molecule has 0 aliphatic heterocycles. The summed E-state index contributed by atoms with van der Waals surface area (Å²) in [5, 5.41) is 8.35. The number of pyridine rings is 1. The molecule has 3 atom stereocenters. The average molecular weight is 390 g/mol. The molecule has 4 fully saturated rings. The highest BCUT2D eigenvalue weighted by atomic mass is 79.9. The molecule has 2 aromatic heterocycles. The zero-order valence-electron chi connectivity index (χ0n) is 14.3. The van der Waals surface area contributed by atoms with Crippen molar-refractivity contribution >= 4 is 21.6 Å². The van der Waals surface area contributed by atoms with Gasteiger partial charge in [0.25, 0.3) is 0 Å². The predicted molar refractivity (Wildman–Crippen MR) is 96.3 cm³/mol. The molecule has 0 saturated heterocycles. The van der Waals surface area contributed by atoms with Gasteiger partial charge in [-0.1, -0.05) is 13.8 Å². The molecule has 6 rings (SSSR count). The fourth-order valence-electron chi connectivity index (χ4n) is 5.09. The van der Waals surface area contributed by atoms with Gasteiger partial charge in [-0.3, -0.25) is 4.40 Å². The second-order valence-electron chi connectivity index (χ2n) is 8.57. The van der Waals surface area contributed by atoms with E-state index in [4.69, 9.17) is 4.74 Å². The van der Waals surface area contributed by atoms with Gasteiger partial charge in [0.05, 0.1) is 6.61 Å². The third kappa shape index (κ3) is 2.23. The van der Waals surface area contributed by atoms with Crippen LogP contribution in [0.4, 0.5) is 0 Å². The first-order valence-corrected chi connectivity index (χ1v) is 10.0. The molecule has 128 valence electrons. The first kappa shape index (κ1) is 15.2. The minimum absolute atomic E-state index is 0.521. The van der Waals surface area contributed by atoms with Gasteiger partial charge in [0.2, 0.25) is 4.73 Å². The Labute approximate surface area is 151 Å². The Morgan fingerprint density at radius 2 is 2.08 bits per heavy atom. The molecule has 2 heterocycles. The van der Waals surface area contributed by atoms with Gasteiger partial charge in [-0.25, -0.2) is 0 Å². The van der Waals surface area contributed by atoms with Gasteiger partial charge in [0.1, 0.15) is 5.75 Å². The normalized spacial score (nSPS) is 31.0. The summed E-state index contributed by atoms with van der Waals surface area (Å²) in [4.78, 5) is 0. The maximum atomic E-state index is 6.39. The van der Waals surface area contributed by atoms with Crippen molar-refractivity contribution in [1.82, 2.24) is 14.6 Å². The molecule has 2 aromatic rings. The van der Waals surface area contributed by atoms with Crippen LogP contribution in [0.15, 0.2) is 17.0 Å². The molecule has 0 radical (unpaired) electrons. The number of hydrogen-bond acceptors (Lipinski definition) is 3. The van der Waals surface area contributed by atoms with Crippen LogP contribution in [0.1, 0.15) is 57.4 Å². The van der Waals surface area contributed by atoms with E-state index in [0.29, 0.717) is 17.3 Å². The van der Waals surface area contributed by atoms with E-state index < -0.39 is 0 Å². The third-order valence-electron chi connectivity index (χ3n) is 6.96. The highest BCUT2D eigenvalue weighted by Gasteiger charge is 2.54. The summed E-state index contributed by atoms with van der Waals surface area (Å²) < 4.78 is 9.17. The summed E-state index contributed by atoms with van der Waals surface area (Å²) in [6, 6.07) is 2.07. The van der Waals surface area contributed by atoms with Crippen LogP contribution in [-0.4, -0.2) is 21.2 Å². The SMILES string of the molecule is CC1(C)[C@H]2CC[C@H](COc3cc4nnc(Br)n4cc3C3CC3)[C@@H]1C2. The van der Waals surface area contributed by atoms with Gasteiger partial charge < -0.3 is 4.74 Å². The van der Waals surface area contributed by atoms with E-state index in [1.165, 1.54) is 37.7 Å². The van der Waals surface area contributed by atoms with Crippen LogP contribution < -0.4 is 4.74 Å². The summed E-state index contributed by atoms with van der Waals surface area (Å²) in [6.45, 7) is 5.76. The predicted octanol–water partition coefficient (Wildman–Crippen LogP) is 4.82. The van der Waals surface area contributed by atoms with E-state index >= 15 is 0 Å².